The smallest absolute Gasteiger partial charge is 0.318 e. The van der Waals surface area contributed by atoms with E-state index in [1.807, 2.05) is 0 Å². The van der Waals surface area contributed by atoms with Crippen LogP contribution >= 0.6 is 0 Å². The van der Waals surface area contributed by atoms with Crippen LogP contribution in [0, 0.1) is 13.8 Å². The first-order valence-electron chi connectivity index (χ1n) is 8.93. The van der Waals surface area contributed by atoms with E-state index in [4.69, 9.17) is 8.83 Å². The number of rotatable bonds is 7. The summed E-state index contributed by atoms with van der Waals surface area (Å²) in [5.41, 5.74) is 4.85. The van der Waals surface area contributed by atoms with Crippen LogP contribution in [0.4, 0.5) is 4.79 Å². The maximum Gasteiger partial charge on any atom is 0.318 e. The molecule has 27 heavy (non-hydrogen) atoms. The SMILES string of the molecule is CC[C@H](NC(=O)N(Cc1cocn1)Cc1cocn1)c1ccc(C)cc1C. The van der Waals surface area contributed by atoms with Crippen molar-refractivity contribution in [3.05, 3.63) is 71.6 Å². The Kier molecular flexibility index (Phi) is 5.90. The number of nitrogens with one attached hydrogen (secondary N) is 1. The lowest BCUT2D eigenvalue weighted by atomic mass is 9.97. The van der Waals surface area contributed by atoms with Gasteiger partial charge in [-0.25, -0.2) is 14.8 Å². The third-order valence-corrected chi connectivity index (χ3v) is 4.47. The molecular formula is C20H24N4O3. The number of carbonyl (C=O) groups is 1. The summed E-state index contributed by atoms with van der Waals surface area (Å²) in [6.07, 6.45) is 6.56. The summed E-state index contributed by atoms with van der Waals surface area (Å²) in [5, 5.41) is 3.14. The fourth-order valence-corrected chi connectivity index (χ4v) is 3.08. The number of nitrogens with zero attached hydrogens (tertiary/aromatic N) is 3. The van der Waals surface area contributed by atoms with Crippen LogP contribution in [0.2, 0.25) is 0 Å². The summed E-state index contributed by atoms with van der Waals surface area (Å²) in [7, 11) is 0. The molecule has 0 radical (unpaired) electrons. The standard InChI is InChI=1S/C20H24N4O3/c1-4-19(18-6-5-14(2)7-15(18)3)23-20(25)24(8-16-10-26-12-21-16)9-17-11-27-13-22-17/h5-7,10-13,19H,4,8-9H2,1-3H3,(H,23,25)/t19-/m0/s1. The van der Waals surface area contributed by atoms with Gasteiger partial charge in [0.15, 0.2) is 12.8 Å². The van der Waals surface area contributed by atoms with Crippen molar-refractivity contribution in [2.45, 2.75) is 46.3 Å². The van der Waals surface area contributed by atoms with Gasteiger partial charge in [0.2, 0.25) is 0 Å². The first-order valence-corrected chi connectivity index (χ1v) is 8.93. The highest BCUT2D eigenvalue weighted by molar-refractivity contribution is 5.74. The van der Waals surface area contributed by atoms with E-state index >= 15 is 0 Å². The van der Waals surface area contributed by atoms with Crippen LogP contribution in [-0.4, -0.2) is 20.9 Å². The van der Waals surface area contributed by atoms with Crippen molar-refractivity contribution in [1.29, 1.82) is 0 Å². The van der Waals surface area contributed by atoms with Crippen LogP contribution in [0.15, 0.2) is 52.3 Å². The molecule has 0 saturated carbocycles. The number of hydrogen-bond donors (Lipinski definition) is 1. The molecule has 0 bridgehead atoms. The summed E-state index contributed by atoms with van der Waals surface area (Å²) < 4.78 is 10.1. The van der Waals surface area contributed by atoms with Gasteiger partial charge in [0.05, 0.1) is 30.5 Å². The fourth-order valence-electron chi connectivity index (χ4n) is 3.08. The van der Waals surface area contributed by atoms with E-state index < -0.39 is 0 Å². The summed E-state index contributed by atoms with van der Waals surface area (Å²) in [4.78, 5) is 22.9. The summed E-state index contributed by atoms with van der Waals surface area (Å²) in [5.74, 6) is 0. The monoisotopic (exact) mass is 368 g/mol. The number of hydrogen-bond acceptors (Lipinski definition) is 5. The van der Waals surface area contributed by atoms with Crippen LogP contribution in [0.1, 0.15) is 47.5 Å². The molecule has 1 atom stereocenters. The lowest BCUT2D eigenvalue weighted by Crippen LogP contribution is -2.41. The van der Waals surface area contributed by atoms with E-state index in [1.165, 1.54) is 36.4 Å². The van der Waals surface area contributed by atoms with Crippen LogP contribution in [-0.2, 0) is 13.1 Å². The molecule has 7 heteroatoms. The molecule has 0 saturated heterocycles. The van der Waals surface area contributed by atoms with Gasteiger partial charge in [0.25, 0.3) is 0 Å². The van der Waals surface area contributed by atoms with Gasteiger partial charge < -0.3 is 19.1 Å². The second kappa shape index (κ2) is 8.53. The topological polar surface area (TPSA) is 84.4 Å². The number of carbonyl (C=O) groups excluding carboxylic acids is 1. The molecule has 2 aromatic heterocycles. The fraction of sp³-hybridized carbons (Fsp3) is 0.350. The molecule has 7 nitrogen and oxygen atoms in total. The molecule has 1 aromatic carbocycles. The quantitative estimate of drug-likeness (QED) is 0.677. The predicted molar refractivity (Wildman–Crippen MR) is 99.7 cm³/mol. The van der Waals surface area contributed by atoms with Crippen molar-refractivity contribution in [1.82, 2.24) is 20.2 Å². The van der Waals surface area contributed by atoms with Gasteiger partial charge in [-0.05, 0) is 31.4 Å². The minimum atomic E-state index is -0.187. The molecule has 2 heterocycles. The van der Waals surface area contributed by atoms with Gasteiger partial charge in [0, 0.05) is 0 Å². The molecule has 0 fully saturated rings. The van der Waals surface area contributed by atoms with Gasteiger partial charge >= 0.3 is 6.03 Å². The van der Waals surface area contributed by atoms with E-state index in [1.54, 1.807) is 4.90 Å². The predicted octanol–water partition coefficient (Wildman–Crippen LogP) is 4.14. The van der Waals surface area contributed by atoms with Gasteiger partial charge in [-0.15, -0.1) is 0 Å². The van der Waals surface area contributed by atoms with Crippen LogP contribution in [0.3, 0.4) is 0 Å². The number of amides is 2. The molecule has 142 valence electrons. The van der Waals surface area contributed by atoms with Crippen molar-refractivity contribution in [3.8, 4) is 0 Å². The van der Waals surface area contributed by atoms with E-state index in [0.29, 0.717) is 24.5 Å². The number of aryl methyl sites for hydroxylation is 2. The molecule has 3 rings (SSSR count). The Morgan fingerprint density at radius 3 is 2.22 bits per heavy atom. The Bertz CT molecular complexity index is 823. The number of oxazole rings is 2. The summed E-state index contributed by atoms with van der Waals surface area (Å²) in [6, 6.07) is 6.02. The normalized spacial score (nSPS) is 12.0. The first kappa shape index (κ1) is 18.7. The Labute approximate surface area is 158 Å². The molecule has 3 aromatic rings. The van der Waals surface area contributed by atoms with E-state index in [-0.39, 0.29) is 12.1 Å². The minimum absolute atomic E-state index is 0.0739. The van der Waals surface area contributed by atoms with Crippen LogP contribution in [0.25, 0.3) is 0 Å². The van der Waals surface area contributed by atoms with E-state index in [9.17, 15) is 4.79 Å². The maximum absolute atomic E-state index is 13.0. The van der Waals surface area contributed by atoms with Gasteiger partial charge in [-0.3, -0.25) is 0 Å². The molecule has 1 N–H and O–H groups in total. The van der Waals surface area contributed by atoms with Gasteiger partial charge in [-0.2, -0.15) is 0 Å². The zero-order chi connectivity index (χ0) is 19.2. The number of urea groups is 1. The second-order valence-electron chi connectivity index (χ2n) is 6.59. The second-order valence-corrected chi connectivity index (χ2v) is 6.59. The Balaban J connectivity index is 1.77. The van der Waals surface area contributed by atoms with Crippen molar-refractivity contribution in [2.75, 3.05) is 0 Å². The maximum atomic E-state index is 13.0. The molecule has 0 aliphatic carbocycles. The minimum Gasteiger partial charge on any atom is -0.451 e. The average molecular weight is 368 g/mol. The third-order valence-electron chi connectivity index (χ3n) is 4.47. The Hall–Kier alpha value is -3.09. The number of aromatic nitrogens is 2. The van der Waals surface area contributed by atoms with Crippen molar-refractivity contribution in [2.24, 2.45) is 0 Å². The highest BCUT2D eigenvalue weighted by Crippen LogP contribution is 2.22. The van der Waals surface area contributed by atoms with Gasteiger partial charge in [-0.1, -0.05) is 30.7 Å². The lowest BCUT2D eigenvalue weighted by molar-refractivity contribution is 0.186. The van der Waals surface area contributed by atoms with Crippen LogP contribution < -0.4 is 5.32 Å². The van der Waals surface area contributed by atoms with Crippen LogP contribution in [0.5, 0.6) is 0 Å². The van der Waals surface area contributed by atoms with Gasteiger partial charge in [0.1, 0.15) is 12.5 Å². The molecule has 0 aliphatic heterocycles. The lowest BCUT2D eigenvalue weighted by Gasteiger charge is -2.26. The summed E-state index contributed by atoms with van der Waals surface area (Å²) >= 11 is 0. The largest absolute Gasteiger partial charge is 0.451 e. The Morgan fingerprint density at radius 1 is 1.11 bits per heavy atom. The van der Waals surface area contributed by atoms with Crippen molar-refractivity contribution in [3.63, 3.8) is 0 Å². The first-order chi connectivity index (χ1) is 13.1. The molecule has 0 spiro atoms. The van der Waals surface area contributed by atoms with Crippen molar-refractivity contribution < 1.29 is 13.6 Å². The average Bonchev–Trinajstić information content (AvgIpc) is 3.33. The zero-order valence-corrected chi connectivity index (χ0v) is 15.8. The Morgan fingerprint density at radius 2 is 1.74 bits per heavy atom. The molecule has 0 unspecified atom stereocenters. The van der Waals surface area contributed by atoms with E-state index in [2.05, 4.69) is 54.3 Å². The van der Waals surface area contributed by atoms with Crippen molar-refractivity contribution >= 4 is 6.03 Å². The highest BCUT2D eigenvalue weighted by atomic mass is 16.3. The molecule has 2 amide bonds. The molecule has 0 aliphatic rings. The highest BCUT2D eigenvalue weighted by Gasteiger charge is 2.21. The molecular weight excluding hydrogens is 344 g/mol. The van der Waals surface area contributed by atoms with E-state index in [0.717, 1.165) is 12.0 Å². The third kappa shape index (κ3) is 4.75. The summed E-state index contributed by atoms with van der Waals surface area (Å²) in [6.45, 7) is 6.83. The zero-order valence-electron chi connectivity index (χ0n) is 15.8. The number of benzene rings is 1.